The zero-order chi connectivity index (χ0) is 17.8. The molecule has 1 aliphatic rings. The Balaban J connectivity index is 2.09. The number of aromatic amines is 2. The van der Waals surface area contributed by atoms with E-state index in [2.05, 4.69) is 15.2 Å². The second-order valence-electron chi connectivity index (χ2n) is 5.63. The van der Waals surface area contributed by atoms with E-state index >= 15 is 0 Å². The van der Waals surface area contributed by atoms with Gasteiger partial charge in [0.1, 0.15) is 0 Å². The second-order valence-corrected chi connectivity index (χ2v) is 5.63. The van der Waals surface area contributed by atoms with Crippen molar-refractivity contribution in [2.24, 2.45) is 0 Å². The molecule has 0 spiro atoms. The predicted molar refractivity (Wildman–Crippen MR) is 82.0 cm³/mol. The minimum atomic E-state index is -4.62. The standard InChI is InChI=1S/C14H12F3N5O3/c15-14(16,17)7-5-8-10(6-9(7)21-1-3-25-4-2-21)22-11(12(23)18-8)19-20-13(22)24/h5-6H,1-4H2,(H,18,23)(H,20,24). The molecule has 0 aliphatic carbocycles. The molecule has 2 aromatic heterocycles. The fraction of sp³-hybridized carbons (Fsp3) is 0.357. The highest BCUT2D eigenvalue weighted by molar-refractivity contribution is 5.83. The lowest BCUT2D eigenvalue weighted by atomic mass is 10.1. The van der Waals surface area contributed by atoms with Crippen LogP contribution in [0, 0.1) is 0 Å². The first-order chi connectivity index (χ1) is 11.9. The molecule has 1 saturated heterocycles. The summed E-state index contributed by atoms with van der Waals surface area (Å²) in [4.78, 5) is 27.8. The van der Waals surface area contributed by atoms with E-state index in [9.17, 15) is 22.8 Å². The minimum Gasteiger partial charge on any atom is -0.378 e. The van der Waals surface area contributed by atoms with Crippen LogP contribution in [0.3, 0.4) is 0 Å². The Morgan fingerprint density at radius 2 is 1.88 bits per heavy atom. The van der Waals surface area contributed by atoms with Gasteiger partial charge in [-0.05, 0) is 12.1 Å². The average Bonchev–Trinajstić information content (AvgIpc) is 2.97. The van der Waals surface area contributed by atoms with Crippen LogP contribution >= 0.6 is 0 Å². The van der Waals surface area contributed by atoms with Crippen LogP contribution in [0.15, 0.2) is 21.7 Å². The molecule has 0 radical (unpaired) electrons. The van der Waals surface area contributed by atoms with Gasteiger partial charge in [0.15, 0.2) is 0 Å². The monoisotopic (exact) mass is 355 g/mol. The van der Waals surface area contributed by atoms with Gasteiger partial charge < -0.3 is 14.6 Å². The van der Waals surface area contributed by atoms with Crippen molar-refractivity contribution in [3.8, 4) is 0 Å². The Kier molecular flexibility index (Phi) is 3.35. The summed E-state index contributed by atoms with van der Waals surface area (Å²) >= 11 is 0. The van der Waals surface area contributed by atoms with Crippen LogP contribution in [0.5, 0.6) is 0 Å². The van der Waals surface area contributed by atoms with Crippen LogP contribution in [0.1, 0.15) is 5.56 Å². The van der Waals surface area contributed by atoms with E-state index in [0.717, 1.165) is 10.5 Å². The number of halogens is 3. The lowest BCUT2D eigenvalue weighted by molar-refractivity contribution is -0.137. The third-order valence-electron chi connectivity index (χ3n) is 4.14. The molecule has 0 bridgehead atoms. The first kappa shape index (κ1) is 15.7. The summed E-state index contributed by atoms with van der Waals surface area (Å²) in [5, 5.41) is 5.74. The highest BCUT2D eigenvalue weighted by Crippen LogP contribution is 2.38. The van der Waals surface area contributed by atoms with Crippen LogP contribution in [0.25, 0.3) is 16.7 Å². The van der Waals surface area contributed by atoms with E-state index in [4.69, 9.17) is 4.74 Å². The molecule has 0 saturated carbocycles. The van der Waals surface area contributed by atoms with Gasteiger partial charge in [0.05, 0.1) is 35.5 Å². The molecule has 8 nitrogen and oxygen atoms in total. The lowest BCUT2D eigenvalue weighted by Gasteiger charge is -2.31. The van der Waals surface area contributed by atoms with Crippen molar-refractivity contribution in [1.29, 1.82) is 0 Å². The number of alkyl halides is 3. The van der Waals surface area contributed by atoms with Crippen LogP contribution in [-0.4, -0.2) is 45.9 Å². The van der Waals surface area contributed by atoms with Gasteiger partial charge in [0, 0.05) is 13.1 Å². The number of morpholine rings is 1. The van der Waals surface area contributed by atoms with Crippen LogP contribution < -0.4 is 16.1 Å². The van der Waals surface area contributed by atoms with Gasteiger partial charge >= 0.3 is 11.9 Å². The molecule has 4 rings (SSSR count). The number of benzene rings is 1. The number of hydrogen-bond acceptors (Lipinski definition) is 5. The third kappa shape index (κ3) is 2.47. The molecular weight excluding hydrogens is 343 g/mol. The second kappa shape index (κ2) is 5.34. The Labute approximate surface area is 136 Å². The zero-order valence-electron chi connectivity index (χ0n) is 12.7. The number of rotatable bonds is 1. The first-order valence-corrected chi connectivity index (χ1v) is 7.43. The SMILES string of the molecule is O=c1[nH]c2cc(C(F)(F)F)c(N3CCOCC3)cc2n2c(=O)[nH]nc12. The molecule has 132 valence electrons. The average molecular weight is 355 g/mol. The number of nitrogens with zero attached hydrogens (tertiary/aromatic N) is 3. The minimum absolute atomic E-state index is 0.0650. The molecule has 1 aliphatic heterocycles. The number of ether oxygens (including phenoxy) is 1. The molecular formula is C14H12F3N5O3. The fourth-order valence-corrected chi connectivity index (χ4v) is 3.01. The van der Waals surface area contributed by atoms with E-state index in [-0.39, 0.29) is 22.4 Å². The van der Waals surface area contributed by atoms with Crippen molar-refractivity contribution in [3.05, 3.63) is 38.5 Å². The van der Waals surface area contributed by atoms with E-state index in [0.29, 0.717) is 26.3 Å². The maximum Gasteiger partial charge on any atom is 0.418 e. The molecule has 1 fully saturated rings. The summed E-state index contributed by atoms with van der Waals surface area (Å²) in [5.74, 6) is 0. The summed E-state index contributed by atoms with van der Waals surface area (Å²) in [5.41, 5.74) is -2.55. The highest BCUT2D eigenvalue weighted by Gasteiger charge is 2.36. The van der Waals surface area contributed by atoms with E-state index in [1.807, 2.05) is 0 Å². The number of nitrogens with one attached hydrogen (secondary N) is 2. The molecule has 2 N–H and O–H groups in total. The molecule has 3 heterocycles. The maximum atomic E-state index is 13.5. The van der Waals surface area contributed by atoms with Crippen molar-refractivity contribution >= 4 is 22.4 Å². The summed E-state index contributed by atoms with van der Waals surface area (Å²) in [7, 11) is 0. The van der Waals surface area contributed by atoms with Gasteiger partial charge in [0.25, 0.3) is 5.56 Å². The van der Waals surface area contributed by atoms with Gasteiger partial charge in [-0.3, -0.25) is 4.79 Å². The predicted octanol–water partition coefficient (Wildman–Crippen LogP) is 0.719. The molecule has 0 unspecified atom stereocenters. The number of H-pyrrole nitrogens is 2. The van der Waals surface area contributed by atoms with Crippen molar-refractivity contribution in [2.75, 3.05) is 31.2 Å². The smallest absolute Gasteiger partial charge is 0.378 e. The Morgan fingerprint density at radius 3 is 2.56 bits per heavy atom. The Hall–Kier alpha value is -2.82. The lowest BCUT2D eigenvalue weighted by Crippen LogP contribution is -2.37. The van der Waals surface area contributed by atoms with Crippen molar-refractivity contribution in [1.82, 2.24) is 19.6 Å². The third-order valence-corrected chi connectivity index (χ3v) is 4.14. The summed E-state index contributed by atoms with van der Waals surface area (Å²) in [6, 6.07) is 2.10. The molecule has 1 aromatic carbocycles. The van der Waals surface area contributed by atoms with Gasteiger partial charge in [-0.2, -0.15) is 13.2 Å². The normalized spacial score (nSPS) is 16.0. The largest absolute Gasteiger partial charge is 0.418 e. The van der Waals surface area contributed by atoms with Crippen molar-refractivity contribution < 1.29 is 17.9 Å². The van der Waals surface area contributed by atoms with Gasteiger partial charge in [-0.1, -0.05) is 0 Å². The first-order valence-electron chi connectivity index (χ1n) is 7.43. The zero-order valence-corrected chi connectivity index (χ0v) is 12.7. The van der Waals surface area contributed by atoms with Crippen molar-refractivity contribution in [3.63, 3.8) is 0 Å². The quantitative estimate of drug-likeness (QED) is 0.671. The van der Waals surface area contributed by atoms with Gasteiger partial charge in [-0.25, -0.2) is 14.3 Å². The number of aromatic nitrogens is 4. The topological polar surface area (TPSA) is 95.5 Å². The molecule has 25 heavy (non-hydrogen) atoms. The molecule has 0 amide bonds. The Bertz CT molecular complexity index is 1080. The fourth-order valence-electron chi connectivity index (χ4n) is 3.01. The van der Waals surface area contributed by atoms with Crippen LogP contribution in [0.2, 0.25) is 0 Å². The Morgan fingerprint density at radius 1 is 1.16 bits per heavy atom. The molecule has 3 aromatic rings. The maximum absolute atomic E-state index is 13.5. The van der Waals surface area contributed by atoms with Crippen molar-refractivity contribution in [2.45, 2.75) is 6.18 Å². The van der Waals surface area contributed by atoms with E-state index in [1.165, 1.54) is 6.07 Å². The van der Waals surface area contributed by atoms with E-state index in [1.54, 1.807) is 4.90 Å². The highest BCUT2D eigenvalue weighted by atomic mass is 19.4. The number of anilines is 1. The van der Waals surface area contributed by atoms with Crippen LogP contribution in [-0.2, 0) is 10.9 Å². The summed E-state index contributed by atoms with van der Waals surface area (Å²) in [6.45, 7) is 1.20. The number of fused-ring (bicyclic) bond motifs is 3. The van der Waals surface area contributed by atoms with Crippen LogP contribution in [0.4, 0.5) is 18.9 Å². The number of hydrogen-bond donors (Lipinski definition) is 2. The summed E-state index contributed by atoms with van der Waals surface area (Å²) < 4.78 is 46.7. The summed E-state index contributed by atoms with van der Waals surface area (Å²) in [6.07, 6.45) is -4.62. The molecule has 11 heteroatoms. The van der Waals surface area contributed by atoms with Gasteiger partial charge in [0.2, 0.25) is 5.65 Å². The molecule has 0 atom stereocenters. The van der Waals surface area contributed by atoms with E-state index < -0.39 is 23.0 Å². The van der Waals surface area contributed by atoms with Gasteiger partial charge in [-0.15, -0.1) is 5.10 Å².